The lowest BCUT2D eigenvalue weighted by Crippen LogP contribution is -2.51. The van der Waals surface area contributed by atoms with Crippen LogP contribution in [0.3, 0.4) is 0 Å². The minimum atomic E-state index is -3.60. The number of rotatable bonds is 4. The summed E-state index contributed by atoms with van der Waals surface area (Å²) in [6.07, 6.45) is 1.55. The predicted molar refractivity (Wildman–Crippen MR) is 84.6 cm³/mol. The molecule has 0 spiro atoms. The third kappa shape index (κ3) is 2.64. The number of hydrogen-bond acceptors (Lipinski definition) is 5. The minimum Gasteiger partial charge on any atom is -0.320 e. The molecular formula is C12H14BrClN2O2S2. The fourth-order valence-corrected chi connectivity index (χ4v) is 6.86. The second-order valence-corrected chi connectivity index (χ2v) is 10.5. The molecule has 1 aromatic heterocycles. The SMILES string of the molecule is C[C@](N)(CS(=O)(=O)C1(C#N)CCC1)c1sc(Br)cc1Cl. The van der Waals surface area contributed by atoms with Gasteiger partial charge in [-0.2, -0.15) is 5.26 Å². The van der Waals surface area contributed by atoms with Crippen LogP contribution in [0.5, 0.6) is 0 Å². The van der Waals surface area contributed by atoms with Gasteiger partial charge < -0.3 is 5.73 Å². The second kappa shape index (κ2) is 5.25. The maximum Gasteiger partial charge on any atom is 0.171 e. The van der Waals surface area contributed by atoms with Crippen LogP contribution in [0.2, 0.25) is 5.02 Å². The van der Waals surface area contributed by atoms with Gasteiger partial charge in [-0.15, -0.1) is 11.3 Å². The van der Waals surface area contributed by atoms with E-state index in [9.17, 15) is 13.7 Å². The molecule has 2 rings (SSSR count). The fourth-order valence-electron chi connectivity index (χ4n) is 2.32. The van der Waals surface area contributed by atoms with Crippen molar-refractivity contribution in [1.29, 1.82) is 5.26 Å². The largest absolute Gasteiger partial charge is 0.320 e. The van der Waals surface area contributed by atoms with Gasteiger partial charge >= 0.3 is 0 Å². The molecule has 0 aliphatic heterocycles. The normalized spacial score (nSPS) is 20.8. The van der Waals surface area contributed by atoms with Crippen molar-refractivity contribution in [1.82, 2.24) is 0 Å². The van der Waals surface area contributed by atoms with Crippen molar-refractivity contribution in [2.75, 3.05) is 5.75 Å². The highest BCUT2D eigenvalue weighted by Gasteiger charge is 2.51. The molecule has 0 aromatic carbocycles. The number of nitrogens with two attached hydrogens (primary N) is 1. The zero-order valence-electron chi connectivity index (χ0n) is 10.8. The highest BCUT2D eigenvalue weighted by atomic mass is 79.9. The van der Waals surface area contributed by atoms with E-state index in [2.05, 4.69) is 15.9 Å². The zero-order chi connectivity index (χ0) is 15.2. The van der Waals surface area contributed by atoms with Crippen molar-refractivity contribution < 1.29 is 8.42 Å². The molecule has 0 radical (unpaired) electrons. The number of sulfone groups is 1. The summed E-state index contributed by atoms with van der Waals surface area (Å²) in [5.74, 6) is -0.278. The Kier molecular flexibility index (Phi) is 4.27. The van der Waals surface area contributed by atoms with Gasteiger partial charge in [-0.05, 0) is 48.2 Å². The Bertz CT molecular complexity index is 672. The molecule has 1 fully saturated rings. The molecule has 1 aromatic rings. The van der Waals surface area contributed by atoms with Crippen LogP contribution in [0.4, 0.5) is 0 Å². The van der Waals surface area contributed by atoms with E-state index < -0.39 is 20.1 Å². The van der Waals surface area contributed by atoms with Gasteiger partial charge in [-0.1, -0.05) is 11.6 Å². The molecular weight excluding hydrogens is 384 g/mol. The van der Waals surface area contributed by atoms with Crippen molar-refractivity contribution in [3.05, 3.63) is 19.8 Å². The van der Waals surface area contributed by atoms with Crippen molar-refractivity contribution in [2.24, 2.45) is 5.73 Å². The zero-order valence-corrected chi connectivity index (χ0v) is 14.8. The van der Waals surface area contributed by atoms with Crippen molar-refractivity contribution in [3.63, 3.8) is 0 Å². The van der Waals surface area contributed by atoms with Crippen LogP contribution in [-0.4, -0.2) is 18.9 Å². The Morgan fingerprint density at radius 2 is 2.25 bits per heavy atom. The highest BCUT2D eigenvalue weighted by Crippen LogP contribution is 2.43. The number of hydrogen-bond donors (Lipinski definition) is 1. The van der Waals surface area contributed by atoms with Gasteiger partial charge in [0.15, 0.2) is 14.6 Å². The molecule has 0 amide bonds. The molecule has 20 heavy (non-hydrogen) atoms. The molecule has 0 bridgehead atoms. The molecule has 1 saturated carbocycles. The lowest BCUT2D eigenvalue weighted by Gasteiger charge is -2.37. The standard InChI is InChI=1S/C12H14BrClN2O2S2/c1-11(16,10-8(14)5-9(13)19-10)7-20(17,18)12(6-15)3-2-4-12/h5H,2-4,7,16H2,1H3/t11-/m0/s1. The van der Waals surface area contributed by atoms with Crippen LogP contribution in [-0.2, 0) is 15.4 Å². The maximum absolute atomic E-state index is 12.5. The van der Waals surface area contributed by atoms with Gasteiger partial charge in [0, 0.05) is 4.88 Å². The van der Waals surface area contributed by atoms with Crippen LogP contribution < -0.4 is 5.73 Å². The molecule has 110 valence electrons. The van der Waals surface area contributed by atoms with Gasteiger partial charge in [-0.3, -0.25) is 0 Å². The number of thiophene rings is 1. The van der Waals surface area contributed by atoms with Gasteiger partial charge in [0.1, 0.15) is 0 Å². The highest BCUT2D eigenvalue weighted by molar-refractivity contribution is 9.11. The average molecular weight is 398 g/mol. The van der Waals surface area contributed by atoms with E-state index in [0.29, 0.717) is 22.7 Å². The molecule has 1 aliphatic carbocycles. The third-order valence-corrected chi connectivity index (χ3v) is 8.62. The van der Waals surface area contributed by atoms with E-state index >= 15 is 0 Å². The first-order chi connectivity index (χ1) is 9.13. The monoisotopic (exact) mass is 396 g/mol. The molecule has 1 aliphatic rings. The van der Waals surface area contributed by atoms with Crippen LogP contribution in [0.1, 0.15) is 31.1 Å². The molecule has 0 saturated heterocycles. The Labute approximate surface area is 136 Å². The smallest absolute Gasteiger partial charge is 0.171 e. The van der Waals surface area contributed by atoms with Crippen molar-refractivity contribution in [2.45, 2.75) is 36.5 Å². The minimum absolute atomic E-state index is 0.278. The van der Waals surface area contributed by atoms with E-state index in [1.165, 1.54) is 11.3 Å². The van der Waals surface area contributed by atoms with Crippen LogP contribution in [0.15, 0.2) is 9.85 Å². The third-order valence-electron chi connectivity index (χ3n) is 3.63. The maximum atomic E-state index is 12.5. The Balaban J connectivity index is 2.33. The molecule has 1 heterocycles. The number of nitriles is 1. The van der Waals surface area contributed by atoms with Crippen LogP contribution in [0, 0.1) is 11.3 Å². The summed E-state index contributed by atoms with van der Waals surface area (Å²) in [5, 5.41) is 9.64. The Morgan fingerprint density at radius 3 is 2.60 bits per heavy atom. The first kappa shape index (κ1) is 16.2. The summed E-state index contributed by atoms with van der Waals surface area (Å²) >= 11 is 10.7. The molecule has 0 unspecified atom stereocenters. The Hall–Kier alpha value is -0.130. The van der Waals surface area contributed by atoms with E-state index in [4.69, 9.17) is 17.3 Å². The molecule has 4 nitrogen and oxygen atoms in total. The van der Waals surface area contributed by atoms with Gasteiger partial charge in [-0.25, -0.2) is 8.42 Å². The first-order valence-electron chi connectivity index (χ1n) is 6.01. The number of nitrogens with zero attached hydrogens (tertiary/aromatic N) is 1. The summed E-state index contributed by atoms with van der Waals surface area (Å²) < 4.78 is 24.6. The quantitative estimate of drug-likeness (QED) is 0.845. The summed E-state index contributed by atoms with van der Waals surface area (Å²) in [6.45, 7) is 1.64. The number of halogens is 2. The van der Waals surface area contributed by atoms with Crippen molar-refractivity contribution >= 4 is 48.7 Å². The van der Waals surface area contributed by atoms with E-state index in [1.807, 2.05) is 6.07 Å². The topological polar surface area (TPSA) is 84.0 Å². The fraction of sp³-hybridized carbons (Fsp3) is 0.583. The second-order valence-electron chi connectivity index (χ2n) is 5.36. The lowest BCUT2D eigenvalue weighted by molar-refractivity contribution is 0.400. The predicted octanol–water partition coefficient (Wildman–Crippen LogP) is 3.20. The van der Waals surface area contributed by atoms with Gasteiger partial charge in [0.25, 0.3) is 0 Å². The Morgan fingerprint density at radius 1 is 1.65 bits per heavy atom. The average Bonchev–Trinajstić information content (AvgIpc) is 2.55. The summed E-state index contributed by atoms with van der Waals surface area (Å²) in [7, 11) is -3.60. The van der Waals surface area contributed by atoms with Crippen molar-refractivity contribution in [3.8, 4) is 6.07 Å². The molecule has 2 N–H and O–H groups in total. The van der Waals surface area contributed by atoms with E-state index in [1.54, 1.807) is 13.0 Å². The van der Waals surface area contributed by atoms with E-state index in [-0.39, 0.29) is 5.75 Å². The lowest BCUT2D eigenvalue weighted by atomic mass is 9.86. The molecule has 1 atom stereocenters. The van der Waals surface area contributed by atoms with Gasteiger partial charge in [0.2, 0.25) is 0 Å². The molecule has 8 heteroatoms. The van der Waals surface area contributed by atoms with Gasteiger partial charge in [0.05, 0.1) is 26.2 Å². The van der Waals surface area contributed by atoms with E-state index in [0.717, 1.165) is 10.2 Å². The van der Waals surface area contributed by atoms with Crippen LogP contribution >= 0.6 is 38.9 Å². The van der Waals surface area contributed by atoms with Crippen LogP contribution in [0.25, 0.3) is 0 Å². The summed E-state index contributed by atoms with van der Waals surface area (Å²) in [4.78, 5) is 0.613. The summed E-state index contributed by atoms with van der Waals surface area (Å²) in [6, 6.07) is 3.66. The summed E-state index contributed by atoms with van der Waals surface area (Å²) in [5.41, 5.74) is 5.08. The first-order valence-corrected chi connectivity index (χ1v) is 9.65.